The largest absolute Gasteiger partial charge is 0.456 e. The Labute approximate surface area is 205 Å². The van der Waals surface area contributed by atoms with Crippen LogP contribution >= 0.6 is 0 Å². The van der Waals surface area contributed by atoms with Crippen LogP contribution in [-0.2, 0) is 0 Å². The molecule has 0 aliphatic heterocycles. The average molecular weight is 458 g/mol. The molecule has 9 aromatic rings. The highest BCUT2D eigenvalue weighted by molar-refractivity contribution is 6.36. The molecule has 0 N–H and O–H groups in total. The predicted octanol–water partition coefficient (Wildman–Crippen LogP) is 9.60. The van der Waals surface area contributed by atoms with Crippen LogP contribution in [0.3, 0.4) is 0 Å². The van der Waals surface area contributed by atoms with Crippen LogP contribution in [0.4, 0.5) is 0 Å². The Kier molecular flexibility index (Phi) is 3.31. The molecule has 3 heterocycles. The van der Waals surface area contributed by atoms with Gasteiger partial charge in [0.05, 0.1) is 16.6 Å². The SMILES string of the molecule is c1ccc2c(c1)cc1c3c4ccccc4c4ccccc4c3c3cc4c(cc3n21)oc1ccccc14. The summed E-state index contributed by atoms with van der Waals surface area (Å²) in [5, 5.41) is 12.6. The molecule has 9 rings (SSSR count). The maximum Gasteiger partial charge on any atom is 0.137 e. The smallest absolute Gasteiger partial charge is 0.137 e. The summed E-state index contributed by atoms with van der Waals surface area (Å²) in [7, 11) is 0. The van der Waals surface area contributed by atoms with Crippen molar-refractivity contribution in [3.8, 4) is 0 Å². The van der Waals surface area contributed by atoms with Gasteiger partial charge in [0.15, 0.2) is 0 Å². The van der Waals surface area contributed by atoms with Gasteiger partial charge in [-0.1, -0.05) is 84.9 Å². The number of hydrogen-bond donors (Lipinski definition) is 0. The van der Waals surface area contributed by atoms with Gasteiger partial charge in [0.25, 0.3) is 0 Å². The van der Waals surface area contributed by atoms with Crippen LogP contribution in [-0.4, -0.2) is 4.40 Å². The van der Waals surface area contributed by atoms with E-state index in [2.05, 4.69) is 114 Å². The first kappa shape index (κ1) is 18.5. The van der Waals surface area contributed by atoms with E-state index in [0.717, 1.165) is 21.9 Å². The second-order valence-corrected chi connectivity index (χ2v) is 9.73. The highest BCUT2D eigenvalue weighted by Gasteiger charge is 2.19. The molecular weight excluding hydrogens is 438 g/mol. The molecule has 0 aliphatic carbocycles. The van der Waals surface area contributed by atoms with E-state index in [1.54, 1.807) is 0 Å². The number of furan rings is 1. The molecule has 0 saturated heterocycles. The van der Waals surface area contributed by atoms with Crippen molar-refractivity contribution < 1.29 is 4.42 Å². The molecule has 0 fully saturated rings. The summed E-state index contributed by atoms with van der Waals surface area (Å²) in [5.41, 5.74) is 5.47. The van der Waals surface area contributed by atoms with Crippen LogP contribution in [0.5, 0.6) is 0 Å². The Morgan fingerprint density at radius 1 is 0.389 bits per heavy atom. The maximum absolute atomic E-state index is 6.35. The number of fused-ring (bicyclic) bond motifs is 16. The molecule has 0 amide bonds. The van der Waals surface area contributed by atoms with Crippen molar-refractivity contribution in [1.29, 1.82) is 0 Å². The molecule has 2 heteroatoms. The molecule has 166 valence electrons. The van der Waals surface area contributed by atoms with E-state index in [9.17, 15) is 0 Å². The molecule has 0 spiro atoms. The molecule has 2 nitrogen and oxygen atoms in total. The lowest BCUT2D eigenvalue weighted by Gasteiger charge is -2.16. The minimum atomic E-state index is 0.923. The molecule has 0 unspecified atom stereocenters. The molecule has 6 aromatic carbocycles. The molecule has 0 saturated carbocycles. The van der Waals surface area contributed by atoms with Gasteiger partial charge >= 0.3 is 0 Å². The lowest BCUT2D eigenvalue weighted by molar-refractivity contribution is 0.669. The average Bonchev–Trinajstić information content (AvgIpc) is 3.50. The van der Waals surface area contributed by atoms with Crippen LogP contribution in [0.2, 0.25) is 0 Å². The van der Waals surface area contributed by atoms with E-state index < -0.39 is 0 Å². The van der Waals surface area contributed by atoms with E-state index in [4.69, 9.17) is 4.42 Å². The van der Waals surface area contributed by atoms with E-state index in [1.165, 1.54) is 59.6 Å². The van der Waals surface area contributed by atoms with Crippen molar-refractivity contribution in [3.63, 3.8) is 0 Å². The lowest BCUT2D eigenvalue weighted by atomic mass is 9.91. The number of pyridine rings is 1. The third-order valence-electron chi connectivity index (χ3n) is 7.91. The van der Waals surface area contributed by atoms with Crippen molar-refractivity contribution >= 4 is 81.6 Å². The van der Waals surface area contributed by atoms with Crippen LogP contribution in [0, 0.1) is 0 Å². The minimum Gasteiger partial charge on any atom is -0.456 e. The highest BCUT2D eigenvalue weighted by Crippen LogP contribution is 2.44. The number of nitrogens with zero attached hydrogens (tertiary/aromatic N) is 1. The second-order valence-electron chi connectivity index (χ2n) is 9.73. The van der Waals surface area contributed by atoms with Gasteiger partial charge in [-0.3, -0.25) is 0 Å². The maximum atomic E-state index is 6.35. The van der Waals surface area contributed by atoms with Crippen molar-refractivity contribution in [2.75, 3.05) is 0 Å². The summed E-state index contributed by atoms with van der Waals surface area (Å²) >= 11 is 0. The van der Waals surface area contributed by atoms with E-state index in [-0.39, 0.29) is 0 Å². The van der Waals surface area contributed by atoms with Crippen LogP contribution in [0.25, 0.3) is 81.6 Å². The van der Waals surface area contributed by atoms with E-state index in [0.29, 0.717) is 0 Å². The third-order valence-corrected chi connectivity index (χ3v) is 7.91. The number of rotatable bonds is 0. The fraction of sp³-hybridized carbons (Fsp3) is 0. The Morgan fingerprint density at radius 2 is 1.03 bits per heavy atom. The topological polar surface area (TPSA) is 17.6 Å². The van der Waals surface area contributed by atoms with Gasteiger partial charge in [0.1, 0.15) is 11.2 Å². The summed E-state index contributed by atoms with van der Waals surface area (Å²) in [6, 6.07) is 41.7. The van der Waals surface area contributed by atoms with Crippen molar-refractivity contribution in [2.45, 2.75) is 0 Å². The van der Waals surface area contributed by atoms with Crippen molar-refractivity contribution in [1.82, 2.24) is 4.40 Å². The molecule has 0 bridgehead atoms. The zero-order valence-electron chi connectivity index (χ0n) is 19.3. The number of hydrogen-bond acceptors (Lipinski definition) is 1. The molecule has 3 aromatic heterocycles. The fourth-order valence-corrected chi connectivity index (χ4v) is 6.43. The first-order valence-corrected chi connectivity index (χ1v) is 12.4. The van der Waals surface area contributed by atoms with Gasteiger partial charge in [-0.2, -0.15) is 0 Å². The van der Waals surface area contributed by atoms with E-state index >= 15 is 0 Å². The Morgan fingerprint density at radius 3 is 1.83 bits per heavy atom. The Bertz CT molecular complexity index is 2370. The first-order chi connectivity index (χ1) is 17.9. The van der Waals surface area contributed by atoms with Gasteiger partial charge < -0.3 is 8.82 Å². The normalized spacial score (nSPS) is 12.4. The predicted molar refractivity (Wildman–Crippen MR) is 152 cm³/mol. The number of benzene rings is 6. The summed E-state index contributed by atoms with van der Waals surface area (Å²) in [5.74, 6) is 0. The minimum absolute atomic E-state index is 0.923. The molecule has 0 aliphatic rings. The van der Waals surface area contributed by atoms with Crippen LogP contribution < -0.4 is 0 Å². The molecule has 0 radical (unpaired) electrons. The van der Waals surface area contributed by atoms with Gasteiger partial charge in [0.2, 0.25) is 0 Å². The molecule has 36 heavy (non-hydrogen) atoms. The summed E-state index contributed by atoms with van der Waals surface area (Å²) in [4.78, 5) is 0. The molecule has 0 atom stereocenters. The van der Waals surface area contributed by atoms with Gasteiger partial charge in [-0.15, -0.1) is 0 Å². The monoisotopic (exact) mass is 457 g/mol. The van der Waals surface area contributed by atoms with Gasteiger partial charge in [0, 0.05) is 38.4 Å². The third kappa shape index (κ3) is 2.18. The van der Waals surface area contributed by atoms with Gasteiger partial charge in [-0.05, 0) is 45.8 Å². The second kappa shape index (κ2) is 6.44. The van der Waals surface area contributed by atoms with Gasteiger partial charge in [-0.25, -0.2) is 0 Å². The zero-order chi connectivity index (χ0) is 23.4. The standard InChI is InChI=1S/C34H19NO/c1-7-15-28-20(9-1)17-30-34-25-14-5-3-11-22(25)21-10-2-4-13-24(21)33(34)27-18-26-23-12-6-8-16-31(23)36-32(26)19-29(27)35(28)30/h1-19H. The zero-order valence-corrected chi connectivity index (χ0v) is 19.3. The first-order valence-electron chi connectivity index (χ1n) is 12.4. The summed E-state index contributed by atoms with van der Waals surface area (Å²) in [6.07, 6.45) is 0. The number of aromatic nitrogens is 1. The highest BCUT2D eigenvalue weighted by atomic mass is 16.3. The quantitative estimate of drug-likeness (QED) is 0.207. The fourth-order valence-electron chi connectivity index (χ4n) is 6.43. The molecular formula is C34H19NO. The van der Waals surface area contributed by atoms with Crippen molar-refractivity contribution in [3.05, 3.63) is 115 Å². The summed E-state index contributed by atoms with van der Waals surface area (Å²) < 4.78 is 8.79. The number of para-hydroxylation sites is 2. The Hall–Kier alpha value is -4.82. The van der Waals surface area contributed by atoms with Crippen LogP contribution in [0.15, 0.2) is 120 Å². The summed E-state index contributed by atoms with van der Waals surface area (Å²) in [6.45, 7) is 0. The Balaban J connectivity index is 1.71. The van der Waals surface area contributed by atoms with E-state index in [1.807, 2.05) is 6.07 Å². The van der Waals surface area contributed by atoms with Crippen LogP contribution in [0.1, 0.15) is 0 Å². The van der Waals surface area contributed by atoms with Crippen molar-refractivity contribution in [2.24, 2.45) is 0 Å². The lowest BCUT2D eigenvalue weighted by Crippen LogP contribution is -1.93.